The number of nitrogens with one attached hydrogen (secondary N) is 2. The first kappa shape index (κ1) is 37.3. The fourth-order valence-electron chi connectivity index (χ4n) is 7.52. The van der Waals surface area contributed by atoms with E-state index in [-0.39, 0.29) is 29.9 Å². The minimum absolute atomic E-state index is 0.138. The topological polar surface area (TPSA) is 124 Å². The lowest BCUT2D eigenvalue weighted by atomic mass is 9.93. The molecular formula is C45H48N6O4. The molecule has 0 aliphatic carbocycles. The van der Waals surface area contributed by atoms with E-state index in [0.717, 1.165) is 58.8 Å². The largest absolute Gasteiger partial charge is 0.394 e. The summed E-state index contributed by atoms with van der Waals surface area (Å²) in [6, 6.07) is 32.0. The van der Waals surface area contributed by atoms with E-state index in [4.69, 9.17) is 5.10 Å². The lowest BCUT2D eigenvalue weighted by Crippen LogP contribution is -2.46. The Balaban J connectivity index is 1.28. The van der Waals surface area contributed by atoms with E-state index in [0.29, 0.717) is 54.5 Å². The van der Waals surface area contributed by atoms with Gasteiger partial charge in [-0.25, -0.2) is 4.68 Å². The second-order valence-corrected chi connectivity index (χ2v) is 14.3. The highest BCUT2D eigenvalue weighted by Crippen LogP contribution is 2.34. The smallest absolute Gasteiger partial charge is 0.274 e. The molecule has 4 aromatic carbocycles. The van der Waals surface area contributed by atoms with Crippen LogP contribution < -0.4 is 5.32 Å². The second kappa shape index (κ2) is 16.6. The number of H-pyrrole nitrogens is 1. The lowest BCUT2D eigenvalue weighted by Gasteiger charge is -2.36. The monoisotopic (exact) mass is 736 g/mol. The van der Waals surface area contributed by atoms with Crippen LogP contribution in [0.4, 0.5) is 5.69 Å². The van der Waals surface area contributed by atoms with Crippen LogP contribution in [0, 0.1) is 6.92 Å². The number of carbonyl (C=O) groups excluding carboxylic acids is 3. The lowest BCUT2D eigenvalue weighted by molar-refractivity contribution is 0.0544. The number of nitrogens with zero attached hydrogens (tertiary/aromatic N) is 4. The van der Waals surface area contributed by atoms with Crippen LogP contribution in [0.3, 0.4) is 0 Å². The summed E-state index contributed by atoms with van der Waals surface area (Å²) in [5.41, 5.74) is 7.21. The number of aliphatic hydroxyl groups is 1. The number of fused-ring (bicyclic) bond motifs is 2. The number of rotatable bonds is 13. The van der Waals surface area contributed by atoms with Gasteiger partial charge < -0.3 is 25.2 Å². The summed E-state index contributed by atoms with van der Waals surface area (Å²) < 4.78 is 1.64. The predicted molar refractivity (Wildman–Crippen MR) is 217 cm³/mol. The number of para-hydroxylation sites is 1. The number of benzene rings is 4. The number of anilines is 1. The molecule has 6 aromatic rings. The molecule has 7 rings (SSSR count). The Hall–Kier alpha value is -6.00. The van der Waals surface area contributed by atoms with Gasteiger partial charge >= 0.3 is 0 Å². The van der Waals surface area contributed by atoms with Crippen LogP contribution in [0.25, 0.3) is 27.7 Å². The highest BCUT2D eigenvalue weighted by Gasteiger charge is 2.32. The normalized spacial score (nSPS) is 13.8. The molecule has 0 spiro atoms. The van der Waals surface area contributed by atoms with E-state index in [9.17, 15) is 19.5 Å². The van der Waals surface area contributed by atoms with E-state index < -0.39 is 6.04 Å². The molecule has 3 N–H and O–H groups in total. The van der Waals surface area contributed by atoms with E-state index in [1.165, 1.54) is 0 Å². The van der Waals surface area contributed by atoms with Gasteiger partial charge in [-0.1, -0.05) is 99.5 Å². The van der Waals surface area contributed by atoms with E-state index in [1.54, 1.807) is 33.8 Å². The third kappa shape index (κ3) is 7.68. The molecule has 3 heterocycles. The Morgan fingerprint density at radius 3 is 2.29 bits per heavy atom. The fourth-order valence-corrected chi connectivity index (χ4v) is 7.52. The number of aryl methyl sites for hydroxylation is 1. The zero-order valence-electron chi connectivity index (χ0n) is 31.7. The molecule has 2 aromatic heterocycles. The molecule has 0 unspecified atom stereocenters. The number of aromatic amines is 1. The van der Waals surface area contributed by atoms with Gasteiger partial charge in [-0.05, 0) is 73.2 Å². The van der Waals surface area contributed by atoms with E-state index >= 15 is 0 Å². The molecule has 282 valence electrons. The molecule has 0 radical (unpaired) electrons. The predicted octanol–water partition coefficient (Wildman–Crippen LogP) is 8.18. The third-order valence-electron chi connectivity index (χ3n) is 10.5. The Labute approximate surface area is 321 Å². The maximum Gasteiger partial charge on any atom is 0.274 e. The molecule has 0 saturated heterocycles. The maximum atomic E-state index is 14.8. The summed E-state index contributed by atoms with van der Waals surface area (Å²) >= 11 is 0. The summed E-state index contributed by atoms with van der Waals surface area (Å²) in [7, 11) is 0. The highest BCUT2D eigenvalue weighted by atomic mass is 16.3. The first-order chi connectivity index (χ1) is 26.8. The molecule has 1 aliphatic rings. The number of carbonyl (C=O) groups is 3. The van der Waals surface area contributed by atoms with Crippen molar-refractivity contribution < 1.29 is 19.5 Å². The quantitative estimate of drug-likeness (QED) is 0.110. The van der Waals surface area contributed by atoms with Crippen molar-refractivity contribution in [1.29, 1.82) is 0 Å². The number of hydrogen-bond acceptors (Lipinski definition) is 5. The van der Waals surface area contributed by atoms with Crippen LogP contribution in [0.5, 0.6) is 0 Å². The second-order valence-electron chi connectivity index (χ2n) is 14.3. The van der Waals surface area contributed by atoms with Gasteiger partial charge in [-0.15, -0.1) is 0 Å². The van der Waals surface area contributed by atoms with Crippen molar-refractivity contribution >= 4 is 34.3 Å². The SMILES string of the molecule is CCCCN(CCCC)C(=O)c1cc(C)n(-c2ccc(NC(=O)c3[nH]c4ccccc4c3-c3ccccc3)cc2C(=O)N2Cc3ccccc3C[C@H]2CO)n1. The molecule has 0 fully saturated rings. The Morgan fingerprint density at radius 1 is 0.873 bits per heavy atom. The van der Waals surface area contributed by atoms with Crippen LogP contribution in [0.15, 0.2) is 103 Å². The van der Waals surface area contributed by atoms with E-state index in [1.807, 2.05) is 90.7 Å². The fraction of sp³-hybridized carbons (Fsp3) is 0.289. The van der Waals surface area contributed by atoms with Gasteiger partial charge in [0.15, 0.2) is 5.69 Å². The molecule has 0 bridgehead atoms. The maximum absolute atomic E-state index is 14.8. The Bertz CT molecular complexity index is 2320. The zero-order chi connectivity index (χ0) is 38.5. The average molecular weight is 737 g/mol. The van der Waals surface area contributed by atoms with Crippen molar-refractivity contribution in [2.24, 2.45) is 0 Å². The van der Waals surface area contributed by atoms with Crippen molar-refractivity contribution in [3.8, 4) is 16.8 Å². The molecule has 3 amide bonds. The minimum atomic E-state index is -0.449. The van der Waals surface area contributed by atoms with Crippen molar-refractivity contribution in [3.63, 3.8) is 0 Å². The molecular weight excluding hydrogens is 689 g/mol. The van der Waals surface area contributed by atoms with Crippen LogP contribution >= 0.6 is 0 Å². The number of unbranched alkanes of at least 4 members (excludes halogenated alkanes) is 2. The molecule has 10 nitrogen and oxygen atoms in total. The average Bonchev–Trinajstić information content (AvgIpc) is 3.81. The van der Waals surface area contributed by atoms with Crippen LogP contribution in [0.1, 0.15) is 87.7 Å². The third-order valence-corrected chi connectivity index (χ3v) is 10.5. The number of aromatic nitrogens is 3. The Morgan fingerprint density at radius 2 is 1.56 bits per heavy atom. The van der Waals surface area contributed by atoms with Gasteiger partial charge in [-0.2, -0.15) is 5.10 Å². The number of amides is 3. The molecule has 55 heavy (non-hydrogen) atoms. The molecule has 1 atom stereocenters. The van der Waals surface area contributed by atoms with Crippen LogP contribution in [0.2, 0.25) is 0 Å². The summed E-state index contributed by atoms with van der Waals surface area (Å²) in [5.74, 6) is -0.810. The van der Waals surface area contributed by atoms with Crippen molar-refractivity contribution in [1.82, 2.24) is 24.6 Å². The number of hydrogen-bond donors (Lipinski definition) is 3. The van der Waals surface area contributed by atoms with Crippen molar-refractivity contribution in [2.75, 3.05) is 25.0 Å². The van der Waals surface area contributed by atoms with Gasteiger partial charge in [0.25, 0.3) is 17.7 Å². The summed E-state index contributed by atoms with van der Waals surface area (Å²) in [6.45, 7) is 7.50. The van der Waals surface area contributed by atoms with Crippen LogP contribution in [-0.4, -0.2) is 73.1 Å². The number of aliphatic hydroxyl groups excluding tert-OH is 1. The van der Waals surface area contributed by atoms with Gasteiger partial charge in [0.05, 0.1) is 23.9 Å². The molecule has 10 heteroatoms. The van der Waals surface area contributed by atoms with Crippen molar-refractivity contribution in [2.45, 2.75) is 65.5 Å². The summed E-state index contributed by atoms with van der Waals surface area (Å²) in [6.07, 6.45) is 4.26. The van der Waals surface area contributed by atoms with Crippen LogP contribution in [-0.2, 0) is 13.0 Å². The van der Waals surface area contributed by atoms with Gasteiger partial charge in [0.1, 0.15) is 5.69 Å². The zero-order valence-corrected chi connectivity index (χ0v) is 31.7. The summed E-state index contributed by atoms with van der Waals surface area (Å²) in [4.78, 5) is 49.7. The van der Waals surface area contributed by atoms with Crippen molar-refractivity contribution in [3.05, 3.63) is 137 Å². The van der Waals surface area contributed by atoms with Gasteiger partial charge in [0.2, 0.25) is 0 Å². The Kier molecular flexibility index (Phi) is 11.2. The van der Waals surface area contributed by atoms with E-state index in [2.05, 4.69) is 24.1 Å². The van der Waals surface area contributed by atoms with Gasteiger partial charge in [-0.3, -0.25) is 14.4 Å². The summed E-state index contributed by atoms with van der Waals surface area (Å²) in [5, 5.41) is 19.3. The first-order valence-corrected chi connectivity index (χ1v) is 19.3. The first-order valence-electron chi connectivity index (χ1n) is 19.3. The molecule has 0 saturated carbocycles. The minimum Gasteiger partial charge on any atom is -0.394 e. The standard InChI is InChI=1S/C45H48N6O4/c1-4-6-23-49(24-7-5-2)45(55)39-25-30(3)51(48-39)40-22-21-34(27-37(40)44(54)50-28-33-18-12-11-17-32(33)26-35(50)29-52)46-43(53)42-41(31-15-9-8-10-16-31)36-19-13-14-20-38(36)47-42/h8-22,25,27,35,47,52H,4-7,23-24,26,28-29H2,1-3H3,(H,46,53)/t35-/m0/s1. The molecule has 1 aliphatic heterocycles. The van der Waals surface area contributed by atoms with Gasteiger partial charge in [0, 0.05) is 47.5 Å². The highest BCUT2D eigenvalue weighted by molar-refractivity contribution is 6.14.